The lowest BCUT2D eigenvalue weighted by Gasteiger charge is -2.32. The van der Waals surface area contributed by atoms with Crippen molar-refractivity contribution >= 4 is 18.5 Å². The van der Waals surface area contributed by atoms with Crippen LogP contribution in [0.1, 0.15) is 64.2 Å². The molecule has 4 nitrogen and oxygen atoms in total. The summed E-state index contributed by atoms with van der Waals surface area (Å²) in [5.41, 5.74) is -1.87. The molecule has 0 unspecified atom stereocenters. The fourth-order valence-corrected chi connectivity index (χ4v) is 2.59. The van der Waals surface area contributed by atoms with E-state index in [0.29, 0.717) is 6.54 Å². The van der Waals surface area contributed by atoms with Crippen LogP contribution in [0, 0.1) is 11.6 Å². The highest BCUT2D eigenvalue weighted by molar-refractivity contribution is 6.62. The minimum Gasteiger partial charge on any atom is -0.399 e. The maximum absolute atomic E-state index is 14.9. The normalized spacial score (nSPS) is 18.4. The highest BCUT2D eigenvalue weighted by Crippen LogP contribution is 2.36. The minimum atomic E-state index is -0.989. The van der Waals surface area contributed by atoms with Crippen LogP contribution in [0.4, 0.5) is 8.78 Å². The molecule has 0 spiro atoms. The van der Waals surface area contributed by atoms with Crippen LogP contribution in [0.3, 0.4) is 0 Å². The lowest BCUT2D eigenvalue weighted by Crippen LogP contribution is -2.41. The zero-order valence-corrected chi connectivity index (χ0v) is 15.5. The number of amides is 1. The van der Waals surface area contributed by atoms with Gasteiger partial charge in [-0.2, -0.15) is 0 Å². The molecule has 1 aliphatic rings. The molecular formula is C18H26BF2NO3. The topological polar surface area (TPSA) is 47.6 Å². The minimum absolute atomic E-state index is 0.0266. The standard InChI is InChI=1S/C18H26BF2NO3/c1-6-7-8-11-22-16(23)14-13(20)10-9-12(15(14)21)19-24-17(2,3)18(4,5)25-19/h9-10H,6-8,11H2,1-5H3,(H,22,23). The number of rotatable bonds is 6. The monoisotopic (exact) mass is 353 g/mol. The van der Waals surface area contributed by atoms with Crippen molar-refractivity contribution in [1.29, 1.82) is 0 Å². The molecule has 1 heterocycles. The molecule has 0 saturated carbocycles. The van der Waals surface area contributed by atoms with Crippen molar-refractivity contribution in [2.75, 3.05) is 6.54 Å². The average molecular weight is 353 g/mol. The van der Waals surface area contributed by atoms with Crippen LogP contribution in [0.15, 0.2) is 12.1 Å². The molecule has 0 aromatic heterocycles. The molecule has 0 atom stereocenters. The van der Waals surface area contributed by atoms with E-state index in [4.69, 9.17) is 9.31 Å². The summed E-state index contributed by atoms with van der Waals surface area (Å²) in [4.78, 5) is 12.2. The van der Waals surface area contributed by atoms with Gasteiger partial charge in [-0.25, -0.2) is 8.78 Å². The van der Waals surface area contributed by atoms with E-state index in [-0.39, 0.29) is 5.46 Å². The van der Waals surface area contributed by atoms with Crippen LogP contribution in [0.5, 0.6) is 0 Å². The van der Waals surface area contributed by atoms with Crippen LogP contribution >= 0.6 is 0 Å². The molecule has 1 saturated heterocycles. The quantitative estimate of drug-likeness (QED) is 0.631. The van der Waals surface area contributed by atoms with Gasteiger partial charge >= 0.3 is 7.12 Å². The Bertz CT molecular complexity index is 633. The van der Waals surface area contributed by atoms with Gasteiger partial charge in [-0.1, -0.05) is 25.8 Å². The van der Waals surface area contributed by atoms with Crippen LogP contribution in [-0.4, -0.2) is 30.8 Å². The van der Waals surface area contributed by atoms with Crippen molar-refractivity contribution in [1.82, 2.24) is 5.32 Å². The molecule has 0 bridgehead atoms. The Balaban J connectivity index is 2.24. The van der Waals surface area contributed by atoms with Gasteiger partial charge in [0.1, 0.15) is 17.2 Å². The molecule has 0 aliphatic carbocycles. The number of hydrogen-bond donors (Lipinski definition) is 1. The third kappa shape index (κ3) is 4.03. The Kier molecular flexibility index (Phi) is 5.89. The SMILES string of the molecule is CCCCCNC(=O)c1c(F)ccc(B2OC(C)(C)C(C)(C)O2)c1F. The molecule has 7 heteroatoms. The van der Waals surface area contributed by atoms with E-state index in [1.54, 1.807) is 0 Å². The van der Waals surface area contributed by atoms with E-state index in [9.17, 15) is 13.6 Å². The third-order valence-corrected chi connectivity index (χ3v) is 4.92. The Hall–Kier alpha value is -1.47. The molecule has 1 aromatic rings. The van der Waals surface area contributed by atoms with Crippen molar-refractivity contribution in [2.45, 2.75) is 65.1 Å². The zero-order chi connectivity index (χ0) is 18.8. The van der Waals surface area contributed by atoms with Crippen molar-refractivity contribution < 1.29 is 22.9 Å². The van der Waals surface area contributed by atoms with Gasteiger partial charge in [0.25, 0.3) is 5.91 Å². The summed E-state index contributed by atoms with van der Waals surface area (Å²) in [6.07, 6.45) is 2.71. The first-order valence-corrected chi connectivity index (χ1v) is 8.72. The average Bonchev–Trinajstić information content (AvgIpc) is 2.72. The van der Waals surface area contributed by atoms with Crippen molar-refractivity contribution in [3.63, 3.8) is 0 Å². The fourth-order valence-electron chi connectivity index (χ4n) is 2.59. The summed E-state index contributed by atoms with van der Waals surface area (Å²) in [5, 5.41) is 2.57. The van der Waals surface area contributed by atoms with Gasteiger partial charge in [-0.3, -0.25) is 4.79 Å². The van der Waals surface area contributed by atoms with Gasteiger partial charge in [-0.05, 0) is 40.2 Å². The van der Waals surface area contributed by atoms with E-state index >= 15 is 0 Å². The highest BCUT2D eigenvalue weighted by atomic mass is 19.1. The molecule has 138 valence electrons. The summed E-state index contributed by atoms with van der Waals surface area (Å²) in [6.45, 7) is 9.79. The second-order valence-electron chi connectivity index (χ2n) is 7.38. The third-order valence-electron chi connectivity index (χ3n) is 4.92. The Morgan fingerprint density at radius 2 is 1.72 bits per heavy atom. The predicted octanol–water partition coefficient (Wildman–Crippen LogP) is 3.18. The van der Waals surface area contributed by atoms with Gasteiger partial charge in [0, 0.05) is 12.0 Å². The van der Waals surface area contributed by atoms with Gasteiger partial charge < -0.3 is 14.6 Å². The van der Waals surface area contributed by atoms with Gasteiger partial charge in [-0.15, -0.1) is 0 Å². The zero-order valence-electron chi connectivity index (χ0n) is 15.5. The van der Waals surface area contributed by atoms with E-state index in [0.717, 1.165) is 25.3 Å². The predicted molar refractivity (Wildman–Crippen MR) is 93.9 cm³/mol. The highest BCUT2D eigenvalue weighted by Gasteiger charge is 2.52. The summed E-state index contributed by atoms with van der Waals surface area (Å²) < 4.78 is 40.5. The van der Waals surface area contributed by atoms with E-state index in [1.807, 2.05) is 34.6 Å². The number of carbonyl (C=O) groups is 1. The number of unbranched alkanes of at least 4 members (excludes halogenated alkanes) is 2. The maximum atomic E-state index is 14.9. The number of carbonyl (C=O) groups excluding carboxylic acids is 1. The van der Waals surface area contributed by atoms with Gasteiger partial charge in [0.05, 0.1) is 11.2 Å². The smallest absolute Gasteiger partial charge is 0.399 e. The van der Waals surface area contributed by atoms with Gasteiger partial charge in [0.2, 0.25) is 0 Å². The number of halogens is 2. The molecule has 1 amide bonds. The fraction of sp³-hybridized carbons (Fsp3) is 0.611. The number of benzene rings is 1. The number of nitrogens with one attached hydrogen (secondary N) is 1. The van der Waals surface area contributed by atoms with Crippen LogP contribution in [0.2, 0.25) is 0 Å². The molecule has 2 rings (SSSR count). The van der Waals surface area contributed by atoms with E-state index in [2.05, 4.69) is 5.32 Å². The lowest BCUT2D eigenvalue weighted by atomic mass is 9.77. The first-order valence-electron chi connectivity index (χ1n) is 8.72. The maximum Gasteiger partial charge on any atom is 0.497 e. The van der Waals surface area contributed by atoms with Crippen LogP contribution in [-0.2, 0) is 9.31 Å². The van der Waals surface area contributed by atoms with Crippen LogP contribution in [0.25, 0.3) is 0 Å². The summed E-state index contributed by atoms with van der Waals surface area (Å²) in [6, 6.07) is 2.34. The Morgan fingerprint density at radius 1 is 1.12 bits per heavy atom. The summed E-state index contributed by atoms with van der Waals surface area (Å²) >= 11 is 0. The van der Waals surface area contributed by atoms with Crippen LogP contribution < -0.4 is 10.8 Å². The van der Waals surface area contributed by atoms with Crippen molar-refractivity contribution in [3.8, 4) is 0 Å². The van der Waals surface area contributed by atoms with E-state index in [1.165, 1.54) is 6.07 Å². The lowest BCUT2D eigenvalue weighted by molar-refractivity contribution is 0.00578. The van der Waals surface area contributed by atoms with Gasteiger partial charge in [0.15, 0.2) is 0 Å². The summed E-state index contributed by atoms with van der Waals surface area (Å²) in [5.74, 6) is -2.60. The largest absolute Gasteiger partial charge is 0.497 e. The molecule has 1 aliphatic heterocycles. The first kappa shape index (κ1) is 19.9. The summed E-state index contributed by atoms with van der Waals surface area (Å²) in [7, 11) is -0.989. The molecule has 1 fully saturated rings. The Morgan fingerprint density at radius 3 is 2.28 bits per heavy atom. The Labute approximate surface area is 148 Å². The van der Waals surface area contributed by atoms with E-state index < -0.39 is 41.4 Å². The molecule has 25 heavy (non-hydrogen) atoms. The first-order chi connectivity index (χ1) is 11.6. The molecule has 1 N–H and O–H groups in total. The van der Waals surface area contributed by atoms with Crippen molar-refractivity contribution in [2.24, 2.45) is 0 Å². The second kappa shape index (κ2) is 7.42. The molecule has 1 aromatic carbocycles. The molecular weight excluding hydrogens is 327 g/mol. The number of hydrogen-bond acceptors (Lipinski definition) is 3. The second-order valence-corrected chi connectivity index (χ2v) is 7.38. The molecule has 0 radical (unpaired) electrons. The van der Waals surface area contributed by atoms with Crippen molar-refractivity contribution in [3.05, 3.63) is 29.3 Å².